The van der Waals surface area contributed by atoms with Crippen LogP contribution in [-0.2, 0) is 4.74 Å². The number of methoxy groups -OCH3 is 1. The fraction of sp³-hybridized carbons (Fsp3) is 0.500. The van der Waals surface area contributed by atoms with Crippen LogP contribution in [0.5, 0.6) is 0 Å². The highest BCUT2D eigenvalue weighted by molar-refractivity contribution is 6.42. The number of hydrogen-bond donors (Lipinski definition) is 1. The van der Waals surface area contributed by atoms with Crippen molar-refractivity contribution >= 4 is 23.2 Å². The van der Waals surface area contributed by atoms with Gasteiger partial charge < -0.3 is 10.1 Å². The summed E-state index contributed by atoms with van der Waals surface area (Å²) < 4.78 is 5.48. The van der Waals surface area contributed by atoms with Gasteiger partial charge in [-0.2, -0.15) is 0 Å². The number of hydrogen-bond acceptors (Lipinski definition) is 2. The summed E-state index contributed by atoms with van der Waals surface area (Å²) in [4.78, 5) is 0. The van der Waals surface area contributed by atoms with Gasteiger partial charge in [-0.3, -0.25) is 0 Å². The number of likely N-dealkylation sites (N-methyl/N-ethyl adjacent to an activating group) is 1. The predicted molar refractivity (Wildman–Crippen MR) is 69.4 cm³/mol. The fourth-order valence-corrected chi connectivity index (χ4v) is 2.16. The van der Waals surface area contributed by atoms with Gasteiger partial charge in [-0.25, -0.2) is 0 Å². The third-order valence-corrected chi connectivity index (χ3v) is 3.64. The number of benzene rings is 1. The summed E-state index contributed by atoms with van der Waals surface area (Å²) in [5.41, 5.74) is 0.590. The molecule has 0 heterocycles. The van der Waals surface area contributed by atoms with Crippen LogP contribution >= 0.6 is 23.2 Å². The summed E-state index contributed by atoms with van der Waals surface area (Å²) in [6.45, 7) is 4.01. The molecule has 0 bridgehead atoms. The molecule has 16 heavy (non-hydrogen) atoms. The highest BCUT2D eigenvalue weighted by atomic mass is 35.5. The van der Waals surface area contributed by atoms with Gasteiger partial charge >= 0.3 is 0 Å². The summed E-state index contributed by atoms with van der Waals surface area (Å²) in [6, 6.07) is 5.61. The Labute approximate surface area is 107 Å². The van der Waals surface area contributed by atoms with Crippen molar-refractivity contribution in [2.75, 3.05) is 14.2 Å². The molecule has 1 aromatic carbocycles. The van der Waals surface area contributed by atoms with Gasteiger partial charge in [-0.1, -0.05) is 35.3 Å². The molecule has 0 aliphatic heterocycles. The lowest BCUT2D eigenvalue weighted by molar-refractivity contribution is -0.00896. The Bertz CT molecular complexity index is 366. The molecule has 1 N–H and O–H groups in total. The van der Waals surface area contributed by atoms with Crippen LogP contribution in [0.25, 0.3) is 0 Å². The number of rotatable bonds is 4. The molecule has 0 saturated carbocycles. The van der Waals surface area contributed by atoms with Crippen molar-refractivity contribution in [2.45, 2.75) is 25.5 Å². The average molecular weight is 262 g/mol. The molecule has 1 aromatic rings. The topological polar surface area (TPSA) is 21.3 Å². The van der Waals surface area contributed by atoms with E-state index in [9.17, 15) is 0 Å². The van der Waals surface area contributed by atoms with Gasteiger partial charge in [0.1, 0.15) is 0 Å². The molecule has 0 aliphatic rings. The zero-order valence-corrected chi connectivity index (χ0v) is 11.5. The van der Waals surface area contributed by atoms with Crippen LogP contribution in [0, 0.1) is 0 Å². The molecule has 1 unspecified atom stereocenters. The lowest BCUT2D eigenvalue weighted by Crippen LogP contribution is -2.39. The number of halogens is 2. The third-order valence-electron chi connectivity index (χ3n) is 2.80. The Hall–Kier alpha value is -0.280. The first-order chi connectivity index (χ1) is 7.44. The average Bonchev–Trinajstić information content (AvgIpc) is 2.25. The van der Waals surface area contributed by atoms with Crippen LogP contribution in [0.2, 0.25) is 10.0 Å². The first kappa shape index (κ1) is 13.8. The van der Waals surface area contributed by atoms with E-state index >= 15 is 0 Å². The van der Waals surface area contributed by atoms with E-state index in [0.717, 1.165) is 5.56 Å². The second-order valence-corrected chi connectivity index (χ2v) is 4.96. The van der Waals surface area contributed by atoms with Gasteiger partial charge in [0.25, 0.3) is 0 Å². The first-order valence-corrected chi connectivity index (χ1v) is 5.86. The molecule has 0 fully saturated rings. The molecule has 0 spiro atoms. The summed E-state index contributed by atoms with van der Waals surface area (Å²) in [5.74, 6) is 0. The smallest absolute Gasteiger partial charge is 0.0817 e. The van der Waals surface area contributed by atoms with E-state index in [0.29, 0.717) is 10.0 Å². The van der Waals surface area contributed by atoms with Crippen molar-refractivity contribution in [2.24, 2.45) is 0 Å². The van der Waals surface area contributed by atoms with Crippen LogP contribution in [0.1, 0.15) is 25.5 Å². The lowest BCUT2D eigenvalue weighted by atomic mass is 9.91. The van der Waals surface area contributed by atoms with Crippen molar-refractivity contribution in [1.82, 2.24) is 5.32 Å². The maximum atomic E-state index is 6.20. The molecule has 0 amide bonds. The summed E-state index contributed by atoms with van der Waals surface area (Å²) in [7, 11) is 3.56. The van der Waals surface area contributed by atoms with Crippen molar-refractivity contribution in [1.29, 1.82) is 0 Å². The van der Waals surface area contributed by atoms with E-state index in [-0.39, 0.29) is 11.6 Å². The summed E-state index contributed by atoms with van der Waals surface area (Å²) in [6.07, 6.45) is 0. The maximum Gasteiger partial charge on any atom is 0.0817 e. The molecule has 1 rings (SSSR count). The second kappa shape index (κ2) is 5.37. The monoisotopic (exact) mass is 261 g/mol. The molecular weight excluding hydrogens is 245 g/mol. The van der Waals surface area contributed by atoms with Crippen molar-refractivity contribution in [3.05, 3.63) is 33.8 Å². The predicted octanol–water partition coefficient (Wildman–Crippen LogP) is 3.68. The Morgan fingerprint density at radius 3 is 2.44 bits per heavy atom. The Balaban J connectivity index is 3.19. The quantitative estimate of drug-likeness (QED) is 0.893. The standard InChI is InChI=1S/C12H17Cl2NO/c1-12(2,16-4)11(15-3)8-6-5-7-9(13)10(8)14/h5-7,11,15H,1-4H3. The van der Waals surface area contributed by atoms with E-state index in [1.165, 1.54) is 0 Å². The van der Waals surface area contributed by atoms with Crippen LogP contribution in [0.3, 0.4) is 0 Å². The molecule has 0 aromatic heterocycles. The van der Waals surface area contributed by atoms with Gasteiger partial charge in [0.15, 0.2) is 0 Å². The summed E-state index contributed by atoms with van der Waals surface area (Å²) >= 11 is 12.2. The molecule has 4 heteroatoms. The third kappa shape index (κ3) is 2.69. The first-order valence-electron chi connectivity index (χ1n) is 5.10. The summed E-state index contributed by atoms with van der Waals surface area (Å²) in [5, 5.41) is 4.35. The largest absolute Gasteiger partial charge is 0.377 e. The Kier molecular flexibility index (Phi) is 4.62. The molecule has 1 atom stereocenters. The molecule has 90 valence electrons. The van der Waals surface area contributed by atoms with E-state index < -0.39 is 0 Å². The van der Waals surface area contributed by atoms with Crippen molar-refractivity contribution in [3.8, 4) is 0 Å². The maximum absolute atomic E-state index is 6.20. The minimum atomic E-state index is -0.358. The second-order valence-electron chi connectivity index (χ2n) is 4.17. The van der Waals surface area contributed by atoms with Crippen LogP contribution < -0.4 is 5.32 Å². The minimum Gasteiger partial charge on any atom is -0.377 e. The molecule has 0 aliphatic carbocycles. The SMILES string of the molecule is CNC(c1cccc(Cl)c1Cl)C(C)(C)OC. The molecular formula is C12H17Cl2NO. The highest BCUT2D eigenvalue weighted by Gasteiger charge is 2.31. The van der Waals surface area contributed by atoms with Crippen LogP contribution in [0.4, 0.5) is 0 Å². The van der Waals surface area contributed by atoms with Crippen molar-refractivity contribution in [3.63, 3.8) is 0 Å². The normalized spacial score (nSPS) is 13.9. The molecule has 0 radical (unpaired) electrons. The molecule has 0 saturated heterocycles. The lowest BCUT2D eigenvalue weighted by Gasteiger charge is -2.33. The number of nitrogens with one attached hydrogen (secondary N) is 1. The van der Waals surface area contributed by atoms with E-state index in [1.54, 1.807) is 13.2 Å². The molecule has 2 nitrogen and oxygen atoms in total. The van der Waals surface area contributed by atoms with Gasteiger partial charge in [-0.15, -0.1) is 0 Å². The van der Waals surface area contributed by atoms with E-state index in [1.807, 2.05) is 33.0 Å². The van der Waals surface area contributed by atoms with Crippen LogP contribution in [-0.4, -0.2) is 19.8 Å². The Morgan fingerprint density at radius 1 is 1.31 bits per heavy atom. The van der Waals surface area contributed by atoms with E-state index in [4.69, 9.17) is 27.9 Å². The van der Waals surface area contributed by atoms with Gasteiger partial charge in [0, 0.05) is 7.11 Å². The van der Waals surface area contributed by atoms with Gasteiger partial charge in [0.2, 0.25) is 0 Å². The van der Waals surface area contributed by atoms with Gasteiger partial charge in [0.05, 0.1) is 21.7 Å². The Morgan fingerprint density at radius 2 is 1.94 bits per heavy atom. The number of ether oxygens (including phenoxy) is 1. The van der Waals surface area contributed by atoms with Crippen LogP contribution in [0.15, 0.2) is 18.2 Å². The zero-order chi connectivity index (χ0) is 12.3. The van der Waals surface area contributed by atoms with Crippen molar-refractivity contribution < 1.29 is 4.74 Å². The van der Waals surface area contributed by atoms with Gasteiger partial charge in [-0.05, 0) is 32.5 Å². The highest BCUT2D eigenvalue weighted by Crippen LogP contribution is 2.35. The fourth-order valence-electron chi connectivity index (χ4n) is 1.74. The minimum absolute atomic E-state index is 0.0105. The zero-order valence-electron chi connectivity index (χ0n) is 9.97. The van der Waals surface area contributed by atoms with E-state index in [2.05, 4.69) is 5.32 Å².